The van der Waals surface area contributed by atoms with Crippen LogP contribution in [0.3, 0.4) is 0 Å². The van der Waals surface area contributed by atoms with Gasteiger partial charge in [0.2, 0.25) is 0 Å². The van der Waals surface area contributed by atoms with Crippen LogP contribution >= 0.6 is 0 Å². The lowest BCUT2D eigenvalue weighted by Gasteiger charge is -2.02. The van der Waals surface area contributed by atoms with Gasteiger partial charge in [-0.25, -0.2) is 4.79 Å². The first-order valence-corrected chi connectivity index (χ1v) is 2.33. The van der Waals surface area contributed by atoms with Crippen molar-refractivity contribution in [3.8, 4) is 0 Å². The first kappa shape index (κ1) is 7.05. The standard InChI is InChI=1S/C2H2N5O4/c3-5-2(8)4-1(6(5)9)7(10)11/h3H2/q-1. The van der Waals surface area contributed by atoms with Gasteiger partial charge in [0.15, 0.2) is 0 Å². The summed E-state index contributed by atoms with van der Waals surface area (Å²) in [5.41, 5.74) is -1.16. The molecule has 9 nitrogen and oxygen atoms in total. The summed E-state index contributed by atoms with van der Waals surface area (Å²) < 4.78 is 0. The summed E-state index contributed by atoms with van der Waals surface area (Å²) in [7, 11) is 0. The Hall–Kier alpha value is -2.06. The molecule has 1 aromatic heterocycles. The average Bonchev–Trinajstić information content (AvgIpc) is 2.17. The van der Waals surface area contributed by atoms with Gasteiger partial charge in [-0.3, -0.25) is 0 Å². The molecule has 1 heterocycles. The monoisotopic (exact) mass is 160 g/mol. The molecule has 0 atom stereocenters. The molecule has 0 saturated carbocycles. The van der Waals surface area contributed by atoms with Crippen LogP contribution in [-0.4, -0.2) is 19.5 Å². The molecule has 0 spiro atoms. The van der Waals surface area contributed by atoms with E-state index in [9.17, 15) is 20.1 Å². The molecule has 0 fully saturated rings. The van der Waals surface area contributed by atoms with E-state index < -0.39 is 21.4 Å². The smallest absolute Gasteiger partial charge is 0.468 e. The topological polar surface area (TPSA) is 132 Å². The number of hydrogen-bond acceptors (Lipinski definition) is 6. The molecule has 1 aromatic rings. The van der Waals surface area contributed by atoms with Crippen molar-refractivity contribution in [3.05, 3.63) is 25.8 Å². The number of hydrogen-bond donors (Lipinski definition) is 1. The molecule has 0 bridgehead atoms. The number of nitrogen functional groups attached to an aromatic ring is 1. The zero-order valence-electron chi connectivity index (χ0n) is 5.00. The Bertz CT molecular complexity index is 348. The molecule has 0 saturated heterocycles. The van der Waals surface area contributed by atoms with Gasteiger partial charge < -0.3 is 21.2 Å². The van der Waals surface area contributed by atoms with Crippen LogP contribution in [0.25, 0.3) is 0 Å². The van der Waals surface area contributed by atoms with Gasteiger partial charge in [-0.05, 0) is 9.91 Å². The SMILES string of the molecule is Nn1c(=O)nc([N+](=O)[O-])n1[O-]. The number of nitro groups is 1. The molecule has 0 unspecified atom stereocenters. The Morgan fingerprint density at radius 2 is 2.18 bits per heavy atom. The first-order chi connectivity index (χ1) is 5.04. The van der Waals surface area contributed by atoms with Crippen LogP contribution in [0.15, 0.2) is 4.79 Å². The highest BCUT2D eigenvalue weighted by Crippen LogP contribution is 1.99. The van der Waals surface area contributed by atoms with Gasteiger partial charge >= 0.3 is 11.6 Å². The van der Waals surface area contributed by atoms with E-state index in [0.717, 1.165) is 0 Å². The third-order valence-electron chi connectivity index (χ3n) is 0.922. The molecule has 0 aromatic carbocycles. The van der Waals surface area contributed by atoms with E-state index in [4.69, 9.17) is 5.84 Å². The minimum absolute atomic E-state index is 0.00185. The van der Waals surface area contributed by atoms with Gasteiger partial charge in [0.1, 0.15) is 0 Å². The minimum Gasteiger partial charge on any atom is -0.721 e. The number of aromatic nitrogens is 3. The van der Waals surface area contributed by atoms with Crippen LogP contribution in [0.2, 0.25) is 0 Å². The normalized spacial score (nSPS) is 9.82. The van der Waals surface area contributed by atoms with Gasteiger partial charge in [0.05, 0.1) is 0 Å². The van der Waals surface area contributed by atoms with Gasteiger partial charge in [0, 0.05) is 0 Å². The largest absolute Gasteiger partial charge is 0.721 e. The van der Waals surface area contributed by atoms with Crippen LogP contribution in [0.1, 0.15) is 0 Å². The summed E-state index contributed by atoms with van der Waals surface area (Å²) >= 11 is 0. The molecule has 60 valence electrons. The summed E-state index contributed by atoms with van der Waals surface area (Å²) in [6, 6.07) is 0. The molecule has 0 aliphatic carbocycles. The maximum Gasteiger partial charge on any atom is 0.468 e. The maximum atomic E-state index is 10.5. The minimum atomic E-state index is -1.16. The molecule has 0 aliphatic rings. The van der Waals surface area contributed by atoms with Crippen LogP contribution in [0.5, 0.6) is 0 Å². The quantitative estimate of drug-likeness (QED) is 0.287. The molecule has 0 aliphatic heterocycles. The van der Waals surface area contributed by atoms with E-state index in [1.54, 1.807) is 0 Å². The lowest BCUT2D eigenvalue weighted by molar-refractivity contribution is -0.396. The molecule has 9 heteroatoms. The maximum absolute atomic E-state index is 10.5. The molecular formula is C2H2N5O4-. The third-order valence-corrected chi connectivity index (χ3v) is 0.922. The van der Waals surface area contributed by atoms with Crippen molar-refractivity contribution in [1.82, 2.24) is 14.6 Å². The average molecular weight is 160 g/mol. The third kappa shape index (κ3) is 0.870. The van der Waals surface area contributed by atoms with Crippen LogP contribution < -0.4 is 11.5 Å². The summed E-state index contributed by atoms with van der Waals surface area (Å²) in [5, 5.41) is 20.4. The number of rotatable bonds is 1. The van der Waals surface area contributed by atoms with Crippen molar-refractivity contribution >= 4 is 5.95 Å². The Balaban J connectivity index is 3.42. The summed E-state index contributed by atoms with van der Waals surface area (Å²) in [4.78, 5) is 21.5. The molecule has 2 N–H and O–H groups in total. The summed E-state index contributed by atoms with van der Waals surface area (Å²) in [6.45, 7) is 0. The molecule has 1 rings (SSSR count). The Labute approximate surface area is 58.3 Å². The van der Waals surface area contributed by atoms with Gasteiger partial charge in [-0.15, -0.1) is 4.85 Å². The lowest BCUT2D eigenvalue weighted by Crippen LogP contribution is -2.29. The van der Waals surface area contributed by atoms with Crippen molar-refractivity contribution in [3.63, 3.8) is 0 Å². The van der Waals surface area contributed by atoms with E-state index in [1.165, 1.54) is 0 Å². The van der Waals surface area contributed by atoms with E-state index in [2.05, 4.69) is 4.98 Å². The molecular weight excluding hydrogens is 158 g/mol. The fourth-order valence-electron chi connectivity index (χ4n) is 0.464. The number of nitrogens with two attached hydrogens (primary N) is 1. The predicted octanol–water partition coefficient (Wildman–Crippen LogP) is -1.99. The van der Waals surface area contributed by atoms with E-state index in [-0.39, 0.29) is 4.79 Å². The Morgan fingerprint density at radius 1 is 1.64 bits per heavy atom. The van der Waals surface area contributed by atoms with Crippen molar-refractivity contribution in [2.75, 3.05) is 5.84 Å². The second kappa shape index (κ2) is 1.97. The van der Waals surface area contributed by atoms with Crippen LogP contribution in [0, 0.1) is 15.3 Å². The molecule has 11 heavy (non-hydrogen) atoms. The van der Waals surface area contributed by atoms with E-state index >= 15 is 0 Å². The highest BCUT2D eigenvalue weighted by molar-refractivity contribution is 5.03. The van der Waals surface area contributed by atoms with Gasteiger partial charge in [-0.2, -0.15) is 0 Å². The highest BCUT2D eigenvalue weighted by atomic mass is 16.6. The fourth-order valence-corrected chi connectivity index (χ4v) is 0.464. The zero-order chi connectivity index (χ0) is 8.59. The van der Waals surface area contributed by atoms with Crippen molar-refractivity contribution in [2.24, 2.45) is 0 Å². The number of nitrogens with zero attached hydrogens (tertiary/aromatic N) is 4. The van der Waals surface area contributed by atoms with E-state index in [0.29, 0.717) is 0 Å². The Morgan fingerprint density at radius 3 is 2.36 bits per heavy atom. The van der Waals surface area contributed by atoms with Crippen LogP contribution in [-0.2, 0) is 0 Å². The van der Waals surface area contributed by atoms with Crippen molar-refractivity contribution < 1.29 is 4.92 Å². The summed E-state index contributed by atoms with van der Waals surface area (Å²) in [6.07, 6.45) is 0. The van der Waals surface area contributed by atoms with Gasteiger partial charge in [0.25, 0.3) is 0 Å². The fraction of sp³-hybridized carbons (Fsp3) is 0. The Kier molecular flexibility index (Phi) is 1.26. The first-order valence-electron chi connectivity index (χ1n) is 2.33. The van der Waals surface area contributed by atoms with Gasteiger partial charge in [-0.1, -0.05) is 4.79 Å². The predicted molar refractivity (Wildman–Crippen MR) is 32.1 cm³/mol. The zero-order valence-corrected chi connectivity index (χ0v) is 5.00. The van der Waals surface area contributed by atoms with Crippen molar-refractivity contribution in [1.29, 1.82) is 0 Å². The van der Waals surface area contributed by atoms with E-state index in [1.807, 2.05) is 0 Å². The molecule has 0 amide bonds. The van der Waals surface area contributed by atoms with Crippen LogP contribution in [0.4, 0.5) is 5.95 Å². The second-order valence-corrected chi connectivity index (χ2v) is 1.57. The molecule has 0 radical (unpaired) electrons. The lowest BCUT2D eigenvalue weighted by atomic mass is 11.1. The highest BCUT2D eigenvalue weighted by Gasteiger charge is 2.16. The second-order valence-electron chi connectivity index (χ2n) is 1.57. The van der Waals surface area contributed by atoms with Crippen molar-refractivity contribution in [2.45, 2.75) is 0 Å². The summed E-state index contributed by atoms with van der Waals surface area (Å²) in [5.74, 6) is 3.60.